The second-order valence-corrected chi connectivity index (χ2v) is 8.61. The number of aliphatic hydroxyl groups excluding tert-OH is 3. The van der Waals surface area contributed by atoms with Crippen molar-refractivity contribution in [2.24, 2.45) is 0 Å². The van der Waals surface area contributed by atoms with E-state index in [1.54, 1.807) is 12.1 Å². The van der Waals surface area contributed by atoms with Crippen LogP contribution in [0.15, 0.2) is 24.3 Å². The molecule has 0 aliphatic carbocycles. The molecular formula is C25H37NO10. The second-order valence-electron chi connectivity index (χ2n) is 8.61. The first-order chi connectivity index (χ1) is 17.3. The van der Waals surface area contributed by atoms with Crippen LogP contribution in [-0.4, -0.2) is 84.1 Å². The van der Waals surface area contributed by atoms with Gasteiger partial charge in [0.05, 0.1) is 19.3 Å². The number of nitrogens with one attached hydrogen (secondary N) is 1. The van der Waals surface area contributed by atoms with E-state index < -0.39 is 49.1 Å². The van der Waals surface area contributed by atoms with E-state index in [1.165, 1.54) is 26.2 Å². The van der Waals surface area contributed by atoms with E-state index in [0.29, 0.717) is 12.8 Å². The number of unbranched alkanes of at least 4 members (excludes halogenated alkanes) is 5. The Morgan fingerprint density at radius 1 is 1.00 bits per heavy atom. The lowest BCUT2D eigenvalue weighted by Crippen LogP contribution is -2.64. The van der Waals surface area contributed by atoms with Crippen molar-refractivity contribution < 1.29 is 48.7 Å². The van der Waals surface area contributed by atoms with E-state index in [0.717, 1.165) is 32.1 Å². The molecule has 1 aliphatic rings. The molecule has 36 heavy (non-hydrogen) atoms. The highest BCUT2D eigenvalue weighted by atomic mass is 16.7. The van der Waals surface area contributed by atoms with Crippen LogP contribution in [0.25, 0.3) is 0 Å². The first kappa shape index (κ1) is 29.7. The summed E-state index contributed by atoms with van der Waals surface area (Å²) in [6.07, 6.45) is 0.467. The van der Waals surface area contributed by atoms with Crippen LogP contribution in [-0.2, 0) is 23.8 Å². The minimum atomic E-state index is -1.47. The number of carbonyl (C=O) groups excluding carboxylic acids is 3. The van der Waals surface area contributed by atoms with Crippen LogP contribution in [0.4, 0.5) is 0 Å². The van der Waals surface area contributed by atoms with Crippen LogP contribution in [0.1, 0.15) is 62.2 Å². The van der Waals surface area contributed by atoms with Crippen LogP contribution in [0.5, 0.6) is 5.75 Å². The largest absolute Gasteiger partial charge is 0.469 e. The molecule has 1 aromatic carbocycles. The number of para-hydroxylation sites is 1. The lowest BCUT2D eigenvalue weighted by molar-refractivity contribution is -0.269. The Morgan fingerprint density at radius 2 is 1.67 bits per heavy atom. The molecule has 1 saturated heterocycles. The van der Waals surface area contributed by atoms with E-state index in [4.69, 9.17) is 14.2 Å². The number of benzene rings is 1. The zero-order valence-electron chi connectivity index (χ0n) is 20.8. The molecule has 1 aliphatic heterocycles. The van der Waals surface area contributed by atoms with Gasteiger partial charge in [-0.15, -0.1) is 0 Å². The molecular weight excluding hydrogens is 474 g/mol. The molecule has 202 valence electrons. The third-order valence-electron chi connectivity index (χ3n) is 5.85. The molecule has 1 amide bonds. The van der Waals surface area contributed by atoms with E-state index in [-0.39, 0.29) is 23.9 Å². The Balaban J connectivity index is 1.91. The van der Waals surface area contributed by atoms with Gasteiger partial charge in [0.25, 0.3) is 5.91 Å². The molecule has 1 fully saturated rings. The average molecular weight is 512 g/mol. The summed E-state index contributed by atoms with van der Waals surface area (Å²) in [5.41, 5.74) is 0.0598. The van der Waals surface area contributed by atoms with Gasteiger partial charge in [-0.3, -0.25) is 14.4 Å². The smallest absolute Gasteiger partial charge is 0.308 e. The van der Waals surface area contributed by atoms with Crippen LogP contribution in [0, 0.1) is 0 Å². The Hall–Kier alpha value is -2.57. The van der Waals surface area contributed by atoms with Crippen LogP contribution < -0.4 is 10.1 Å². The third-order valence-corrected chi connectivity index (χ3v) is 5.85. The standard InChI is InChI=1S/C25H37NO10/c1-16(28)35-18-12-9-8-11-17(18)24(32)26-21-23(31)22(30)19(15-27)36-25(21)34-14-10-6-4-3-5-7-13-20(29)33-2/h8-9,11-12,19,21-23,25,27,30-31H,3-7,10,13-15H2,1-2H3,(H,26,32)/t19?,21?,22-,23?,25+/m0/s1. The number of aliphatic hydroxyl groups is 3. The van der Waals surface area contributed by atoms with Gasteiger partial charge in [-0.2, -0.15) is 0 Å². The summed E-state index contributed by atoms with van der Waals surface area (Å²) in [6, 6.07) is 4.98. The number of amides is 1. The average Bonchev–Trinajstić information content (AvgIpc) is 2.86. The van der Waals surface area contributed by atoms with Gasteiger partial charge < -0.3 is 39.6 Å². The van der Waals surface area contributed by atoms with Gasteiger partial charge in [0, 0.05) is 20.0 Å². The van der Waals surface area contributed by atoms with Gasteiger partial charge in [-0.25, -0.2) is 0 Å². The summed E-state index contributed by atoms with van der Waals surface area (Å²) in [6.45, 7) is 0.939. The fourth-order valence-electron chi connectivity index (χ4n) is 3.89. The van der Waals surface area contributed by atoms with Crippen LogP contribution in [0.3, 0.4) is 0 Å². The summed E-state index contributed by atoms with van der Waals surface area (Å²) in [4.78, 5) is 35.4. The molecule has 1 aromatic rings. The molecule has 3 unspecified atom stereocenters. The monoisotopic (exact) mass is 511 g/mol. The fraction of sp³-hybridized carbons (Fsp3) is 0.640. The van der Waals surface area contributed by atoms with Gasteiger partial charge in [0.1, 0.15) is 30.1 Å². The first-order valence-corrected chi connectivity index (χ1v) is 12.2. The summed E-state index contributed by atoms with van der Waals surface area (Å²) in [7, 11) is 1.37. The first-order valence-electron chi connectivity index (χ1n) is 12.2. The summed E-state index contributed by atoms with van der Waals surface area (Å²) in [5.74, 6) is -1.41. The Bertz CT molecular complexity index is 848. The van der Waals surface area contributed by atoms with Gasteiger partial charge in [0.2, 0.25) is 0 Å². The molecule has 11 nitrogen and oxygen atoms in total. The van der Waals surface area contributed by atoms with Gasteiger partial charge in [-0.05, 0) is 25.0 Å². The van der Waals surface area contributed by atoms with Crippen molar-refractivity contribution in [3.05, 3.63) is 29.8 Å². The number of methoxy groups -OCH3 is 1. The maximum Gasteiger partial charge on any atom is 0.308 e. The van der Waals surface area contributed by atoms with Crippen molar-refractivity contribution in [1.29, 1.82) is 0 Å². The second kappa shape index (κ2) is 15.5. The molecule has 1 heterocycles. The number of hydrogen-bond acceptors (Lipinski definition) is 10. The van der Waals surface area contributed by atoms with E-state index in [1.807, 2.05) is 0 Å². The van der Waals surface area contributed by atoms with Crippen molar-refractivity contribution >= 4 is 17.8 Å². The summed E-state index contributed by atoms with van der Waals surface area (Å²) in [5, 5.41) is 33.1. The number of ether oxygens (including phenoxy) is 4. The van der Waals surface area contributed by atoms with Crippen molar-refractivity contribution in [3.63, 3.8) is 0 Å². The maximum atomic E-state index is 12.9. The van der Waals surface area contributed by atoms with Crippen LogP contribution in [0.2, 0.25) is 0 Å². The molecule has 11 heteroatoms. The van der Waals surface area contributed by atoms with Gasteiger partial charge in [-0.1, -0.05) is 37.8 Å². The minimum absolute atomic E-state index is 0.0477. The molecule has 4 N–H and O–H groups in total. The Morgan fingerprint density at radius 3 is 2.33 bits per heavy atom. The molecule has 2 rings (SSSR count). The molecule has 5 atom stereocenters. The number of rotatable bonds is 14. The Labute approximate surface area is 210 Å². The Kier molecular flexibility index (Phi) is 12.8. The quantitative estimate of drug-likeness (QED) is 0.162. The lowest BCUT2D eigenvalue weighted by atomic mass is 9.96. The maximum absolute atomic E-state index is 12.9. The van der Waals surface area contributed by atoms with E-state index in [2.05, 4.69) is 10.1 Å². The van der Waals surface area contributed by atoms with Crippen LogP contribution >= 0.6 is 0 Å². The number of carbonyl (C=O) groups is 3. The zero-order valence-corrected chi connectivity index (χ0v) is 20.8. The molecule has 0 saturated carbocycles. The molecule has 0 bridgehead atoms. The molecule has 0 radical (unpaired) electrons. The number of hydrogen-bond donors (Lipinski definition) is 4. The van der Waals surface area contributed by atoms with Crippen molar-refractivity contribution in [3.8, 4) is 5.75 Å². The predicted octanol–water partition coefficient (Wildman–Crippen LogP) is 1.07. The highest BCUT2D eigenvalue weighted by molar-refractivity contribution is 5.97. The normalized spacial score (nSPS) is 23.6. The fourth-order valence-corrected chi connectivity index (χ4v) is 3.89. The van der Waals surface area contributed by atoms with E-state index in [9.17, 15) is 29.7 Å². The van der Waals surface area contributed by atoms with Gasteiger partial charge >= 0.3 is 11.9 Å². The third kappa shape index (κ3) is 9.14. The molecule has 0 aromatic heterocycles. The summed E-state index contributed by atoms with van der Waals surface area (Å²) >= 11 is 0. The highest BCUT2D eigenvalue weighted by Crippen LogP contribution is 2.24. The molecule has 0 spiro atoms. The predicted molar refractivity (Wildman–Crippen MR) is 127 cm³/mol. The van der Waals surface area contributed by atoms with Crippen molar-refractivity contribution in [2.45, 2.75) is 82.5 Å². The minimum Gasteiger partial charge on any atom is -0.469 e. The summed E-state index contributed by atoms with van der Waals surface area (Å²) < 4.78 is 21.1. The number of esters is 2. The lowest BCUT2D eigenvalue weighted by Gasteiger charge is -2.42. The van der Waals surface area contributed by atoms with Crippen molar-refractivity contribution in [1.82, 2.24) is 5.32 Å². The highest BCUT2D eigenvalue weighted by Gasteiger charge is 2.45. The zero-order chi connectivity index (χ0) is 26.5. The van der Waals surface area contributed by atoms with Gasteiger partial charge in [0.15, 0.2) is 6.29 Å². The SMILES string of the molecule is COC(=O)CCCCCCCCO[C@@H]1OC(CO)[C@H](O)C(O)C1NC(=O)c1ccccc1OC(C)=O. The van der Waals surface area contributed by atoms with E-state index >= 15 is 0 Å². The topological polar surface area (TPSA) is 161 Å². The van der Waals surface area contributed by atoms with Crippen molar-refractivity contribution in [2.75, 3.05) is 20.3 Å².